The van der Waals surface area contributed by atoms with Crippen LogP contribution in [0.2, 0.25) is 0 Å². The quantitative estimate of drug-likeness (QED) is 0.119. The first kappa shape index (κ1) is 34.1. The Kier molecular flexibility index (Phi) is 19.6. The number of benzene rings is 1. The van der Waals surface area contributed by atoms with Gasteiger partial charge in [0.1, 0.15) is 0 Å². The summed E-state index contributed by atoms with van der Waals surface area (Å²) < 4.78 is 43.2. The standard InChI is InChI=1S/C26H42O7S.Na/c1-3-4-5-6-7-8-9-10-11-12-13-16-20-32-25(27)23-17-14-15-18-24(23)26(28)33-21-19-22(2)34(29,30)31;/h14-15,17-18,22H,3-13,16,19-21H2,1-2H3,(H,29,30,31);/q;+1/p-1. The van der Waals surface area contributed by atoms with E-state index in [0.29, 0.717) is 6.61 Å². The molecule has 0 bridgehead atoms. The van der Waals surface area contributed by atoms with Gasteiger partial charge in [0, 0.05) is 5.25 Å². The Morgan fingerprint density at radius 3 is 1.60 bits per heavy atom. The van der Waals surface area contributed by atoms with Crippen LogP contribution in [0.1, 0.15) is 118 Å². The number of rotatable bonds is 19. The molecule has 0 amide bonds. The maximum atomic E-state index is 12.4. The molecule has 7 nitrogen and oxygen atoms in total. The molecule has 1 unspecified atom stereocenters. The fourth-order valence-corrected chi connectivity index (χ4v) is 3.95. The van der Waals surface area contributed by atoms with E-state index in [0.717, 1.165) is 19.3 Å². The molecule has 9 heteroatoms. The zero-order chi connectivity index (χ0) is 25.2. The van der Waals surface area contributed by atoms with Crippen LogP contribution < -0.4 is 29.6 Å². The van der Waals surface area contributed by atoms with E-state index in [4.69, 9.17) is 9.47 Å². The molecule has 0 fully saturated rings. The molecule has 1 atom stereocenters. The molecule has 35 heavy (non-hydrogen) atoms. The van der Waals surface area contributed by atoms with Crippen molar-refractivity contribution >= 4 is 22.1 Å². The predicted molar refractivity (Wildman–Crippen MR) is 132 cm³/mol. The Balaban J connectivity index is 0.0000116. The van der Waals surface area contributed by atoms with Gasteiger partial charge >= 0.3 is 41.5 Å². The van der Waals surface area contributed by atoms with Gasteiger partial charge in [0.15, 0.2) is 0 Å². The van der Waals surface area contributed by atoms with Crippen molar-refractivity contribution in [1.82, 2.24) is 0 Å². The maximum Gasteiger partial charge on any atom is 1.00 e. The molecule has 0 spiro atoms. The first-order valence-electron chi connectivity index (χ1n) is 12.6. The number of hydrogen-bond donors (Lipinski definition) is 0. The Labute approximate surface area is 233 Å². The molecule has 0 heterocycles. The molecule has 0 aliphatic heterocycles. The average molecular weight is 521 g/mol. The van der Waals surface area contributed by atoms with Crippen molar-refractivity contribution in [3.05, 3.63) is 35.4 Å². The minimum absolute atomic E-state index is 0. The van der Waals surface area contributed by atoms with Gasteiger partial charge in [-0.2, -0.15) is 0 Å². The maximum absolute atomic E-state index is 12.4. The van der Waals surface area contributed by atoms with Crippen LogP contribution in [-0.4, -0.2) is 43.4 Å². The van der Waals surface area contributed by atoms with Crippen LogP contribution in [0, 0.1) is 0 Å². The Morgan fingerprint density at radius 2 is 1.17 bits per heavy atom. The minimum atomic E-state index is -4.43. The SMILES string of the molecule is CCCCCCCCCCCCCCOC(=O)c1ccccc1C(=O)OCCC(C)S(=O)(=O)[O-].[Na+]. The molecule has 0 saturated carbocycles. The van der Waals surface area contributed by atoms with E-state index in [2.05, 4.69) is 6.92 Å². The molecule has 0 aliphatic rings. The third-order valence-corrected chi connectivity index (χ3v) is 7.07. The van der Waals surface area contributed by atoms with Gasteiger partial charge in [0.25, 0.3) is 0 Å². The number of carbonyl (C=O) groups is 2. The summed E-state index contributed by atoms with van der Waals surface area (Å²) in [5.41, 5.74) is 0.163. The van der Waals surface area contributed by atoms with Gasteiger partial charge in [-0.1, -0.05) is 89.7 Å². The summed E-state index contributed by atoms with van der Waals surface area (Å²) in [6.45, 7) is 3.55. The third-order valence-electron chi connectivity index (χ3n) is 5.85. The van der Waals surface area contributed by atoms with Crippen molar-refractivity contribution in [2.75, 3.05) is 13.2 Å². The van der Waals surface area contributed by atoms with Crippen LogP contribution in [0.15, 0.2) is 24.3 Å². The van der Waals surface area contributed by atoms with Gasteiger partial charge in [0.05, 0.1) is 34.5 Å². The van der Waals surface area contributed by atoms with E-state index in [1.807, 2.05) is 0 Å². The van der Waals surface area contributed by atoms with Gasteiger partial charge in [-0.25, -0.2) is 18.0 Å². The van der Waals surface area contributed by atoms with Gasteiger partial charge in [-0.3, -0.25) is 0 Å². The van der Waals surface area contributed by atoms with E-state index in [1.54, 1.807) is 12.1 Å². The second-order valence-corrected chi connectivity index (χ2v) is 10.6. The molecule has 1 aromatic rings. The van der Waals surface area contributed by atoms with Crippen molar-refractivity contribution in [1.29, 1.82) is 0 Å². The predicted octanol–water partition coefficient (Wildman–Crippen LogP) is 3.03. The number of carbonyl (C=O) groups excluding carboxylic acids is 2. The summed E-state index contributed by atoms with van der Waals surface area (Å²) in [5.74, 6) is -1.35. The van der Waals surface area contributed by atoms with Crippen LogP contribution in [0.4, 0.5) is 0 Å². The van der Waals surface area contributed by atoms with Crippen molar-refractivity contribution in [2.45, 2.75) is 103 Å². The monoisotopic (exact) mass is 520 g/mol. The Morgan fingerprint density at radius 1 is 0.771 bits per heavy atom. The number of unbranched alkanes of at least 4 members (excludes halogenated alkanes) is 11. The largest absolute Gasteiger partial charge is 1.00 e. The normalized spacial score (nSPS) is 12.0. The minimum Gasteiger partial charge on any atom is -0.748 e. The average Bonchev–Trinajstić information content (AvgIpc) is 2.81. The van der Waals surface area contributed by atoms with Crippen LogP contribution in [-0.2, 0) is 19.6 Å². The van der Waals surface area contributed by atoms with Crippen LogP contribution in [0.5, 0.6) is 0 Å². The van der Waals surface area contributed by atoms with Crippen molar-refractivity contribution in [2.24, 2.45) is 0 Å². The van der Waals surface area contributed by atoms with E-state index in [9.17, 15) is 22.6 Å². The zero-order valence-corrected chi connectivity index (χ0v) is 24.6. The third kappa shape index (κ3) is 15.7. The van der Waals surface area contributed by atoms with Gasteiger partial charge < -0.3 is 14.0 Å². The van der Waals surface area contributed by atoms with Crippen LogP contribution >= 0.6 is 0 Å². The number of esters is 2. The smallest absolute Gasteiger partial charge is 0.748 e. The summed E-state index contributed by atoms with van der Waals surface area (Å²) in [7, 11) is -4.43. The molecular formula is C26H41NaO7S. The molecule has 194 valence electrons. The number of hydrogen-bond acceptors (Lipinski definition) is 7. The van der Waals surface area contributed by atoms with E-state index >= 15 is 0 Å². The second kappa shape index (κ2) is 20.2. The van der Waals surface area contributed by atoms with E-state index in [-0.39, 0.29) is 53.7 Å². The molecule has 1 rings (SSSR count). The Bertz CT molecular complexity index is 827. The summed E-state index contributed by atoms with van der Waals surface area (Å²) in [4.78, 5) is 24.8. The molecule has 0 N–H and O–H groups in total. The molecular weight excluding hydrogens is 479 g/mol. The van der Waals surface area contributed by atoms with Gasteiger partial charge in [0.2, 0.25) is 0 Å². The van der Waals surface area contributed by atoms with Crippen LogP contribution in [0.25, 0.3) is 0 Å². The second-order valence-electron chi connectivity index (χ2n) is 8.80. The first-order chi connectivity index (χ1) is 16.3. The van der Waals surface area contributed by atoms with Crippen LogP contribution in [0.3, 0.4) is 0 Å². The summed E-state index contributed by atoms with van der Waals surface area (Å²) >= 11 is 0. The summed E-state index contributed by atoms with van der Waals surface area (Å²) in [6, 6.07) is 6.18. The van der Waals surface area contributed by atoms with Crippen molar-refractivity contribution in [3.63, 3.8) is 0 Å². The van der Waals surface area contributed by atoms with E-state index in [1.165, 1.54) is 76.8 Å². The van der Waals surface area contributed by atoms with Crippen molar-refractivity contribution in [3.8, 4) is 0 Å². The molecule has 0 aliphatic carbocycles. The van der Waals surface area contributed by atoms with Crippen molar-refractivity contribution < 1.29 is 61.6 Å². The molecule has 1 aromatic carbocycles. The Hall–Kier alpha value is -0.930. The fraction of sp³-hybridized carbons (Fsp3) is 0.692. The molecule has 0 aromatic heterocycles. The zero-order valence-electron chi connectivity index (χ0n) is 21.8. The molecule has 0 saturated heterocycles. The summed E-state index contributed by atoms with van der Waals surface area (Å²) in [5, 5.41) is -1.16. The summed E-state index contributed by atoms with van der Waals surface area (Å²) in [6.07, 6.45) is 14.5. The van der Waals surface area contributed by atoms with E-state index < -0.39 is 27.3 Å². The van der Waals surface area contributed by atoms with Gasteiger partial charge in [-0.05, 0) is 31.9 Å². The van der Waals surface area contributed by atoms with Gasteiger partial charge in [-0.15, -0.1) is 0 Å². The fourth-order valence-electron chi connectivity index (χ4n) is 3.56. The first-order valence-corrected chi connectivity index (χ1v) is 14.1. The topological polar surface area (TPSA) is 110 Å². The molecule has 0 radical (unpaired) electrons. The number of ether oxygens (including phenoxy) is 2.